The number of phosphoric acid groups is 3. The van der Waals surface area contributed by atoms with Gasteiger partial charge in [-0.05, 0) is 6.42 Å². The molecule has 2 amide bonds. The molecule has 1 fully saturated rings. The number of carbonyl (C=O) groups excluding carboxylic acids is 3. The van der Waals surface area contributed by atoms with Crippen molar-refractivity contribution in [2.75, 3.05) is 37.8 Å². The Kier molecular flexibility index (Phi) is 27.0. The number of nitrogens with two attached hydrogens (primary N) is 1. The number of imidazole rings is 1. The van der Waals surface area contributed by atoms with Crippen molar-refractivity contribution in [3.8, 4) is 0 Å². The summed E-state index contributed by atoms with van der Waals surface area (Å²) in [5, 5.41) is 26.7. The van der Waals surface area contributed by atoms with Gasteiger partial charge in [-0.25, -0.2) is 28.6 Å². The van der Waals surface area contributed by atoms with Crippen LogP contribution in [0, 0.1) is 5.41 Å². The van der Waals surface area contributed by atoms with E-state index in [0.29, 0.717) is 12.2 Å². The molecule has 2 aromatic heterocycles. The lowest BCUT2D eigenvalue weighted by atomic mass is 9.87. The number of carbonyl (C=O) groups is 3. The first-order valence-electron chi connectivity index (χ1n) is 23.6. The Hall–Kier alpha value is -2.44. The van der Waals surface area contributed by atoms with Crippen LogP contribution in [0.2, 0.25) is 0 Å². The number of nitrogen functional groups attached to an aromatic ring is 1. The molecule has 396 valence electrons. The highest BCUT2D eigenvalue weighted by Crippen LogP contribution is 2.61. The summed E-state index contributed by atoms with van der Waals surface area (Å²) < 4.78 is 62.5. The maximum absolute atomic E-state index is 12.7. The zero-order chi connectivity index (χ0) is 51.1. The lowest BCUT2D eigenvalue weighted by Crippen LogP contribution is -2.46. The number of aromatic nitrogens is 4. The van der Waals surface area contributed by atoms with E-state index in [1.807, 2.05) is 0 Å². The number of aliphatic hydroxyl groups is 2. The molecule has 1 saturated heterocycles. The first-order chi connectivity index (χ1) is 32.6. The van der Waals surface area contributed by atoms with E-state index in [0.717, 1.165) is 48.2 Å². The summed E-state index contributed by atoms with van der Waals surface area (Å²) in [6.45, 7) is 2.84. The minimum Gasteiger partial charge on any atom is -0.386 e. The van der Waals surface area contributed by atoms with Crippen LogP contribution in [0.5, 0.6) is 0 Å². The minimum atomic E-state index is -5.57. The summed E-state index contributed by atoms with van der Waals surface area (Å²) >= 11 is 1.16. The predicted molar refractivity (Wildman–Crippen MR) is 256 cm³/mol. The number of nitrogens with zero attached hydrogens (tertiary/aromatic N) is 4. The molecule has 0 bridgehead atoms. The van der Waals surface area contributed by atoms with Crippen LogP contribution in [0.25, 0.3) is 11.2 Å². The Balaban J connectivity index is 1.27. The fourth-order valence-electron chi connectivity index (χ4n) is 7.36. The zero-order valence-electron chi connectivity index (χ0n) is 39.8. The van der Waals surface area contributed by atoms with Crippen molar-refractivity contribution >= 4 is 69.1 Å². The largest absolute Gasteiger partial charge is 0.481 e. The van der Waals surface area contributed by atoms with Gasteiger partial charge in [0.2, 0.25) is 11.8 Å². The van der Waals surface area contributed by atoms with Crippen LogP contribution in [-0.2, 0) is 50.7 Å². The average molecular weight is 1060 g/mol. The van der Waals surface area contributed by atoms with Crippen LogP contribution in [-0.4, -0.2) is 123 Å². The highest BCUT2D eigenvalue weighted by atomic mass is 32.2. The molecule has 0 radical (unpaired) electrons. The fourth-order valence-corrected chi connectivity index (χ4v) is 10.9. The summed E-state index contributed by atoms with van der Waals surface area (Å²) in [6.07, 6.45) is 15.2. The second-order valence-corrected chi connectivity index (χ2v) is 23.1. The minimum absolute atomic E-state index is 0.0342. The van der Waals surface area contributed by atoms with Gasteiger partial charge in [-0.2, -0.15) is 4.31 Å². The second-order valence-electron chi connectivity index (χ2n) is 17.7. The number of ether oxygens (including phenoxy) is 1. The number of amides is 2. The van der Waals surface area contributed by atoms with E-state index in [9.17, 15) is 57.9 Å². The molecule has 1 aliphatic rings. The summed E-state index contributed by atoms with van der Waals surface area (Å²) in [5.74, 6) is -1.01. The standard InChI is InChI=1S/C41H74N7O17P3S/c1-4-5-6-7-8-9-10-11-12-13-14-15-16-17-18-19-20-21-32(50)69-25-24-43-31(49)22-23-44-39(53)36(52)41(2,3)27-62-68(59,60)65-67(57,58)61-26-30-35(64-66(54,55)56)34(51)40(63-30)48-29-47-33-37(42)45-28-46-38(33)48/h28-30,34-36,40,51-52H,4-27H2,1-3H3,(H,43,49)(H,44,53)(H,57,58)(H,59,60)(H2,42,45,46)(H2,54,55,56). The number of fused-ring (bicyclic) bond motifs is 1. The maximum atomic E-state index is 12.7. The third-order valence-electron chi connectivity index (χ3n) is 11.2. The van der Waals surface area contributed by atoms with Crippen molar-refractivity contribution in [1.82, 2.24) is 30.2 Å². The lowest BCUT2D eigenvalue weighted by molar-refractivity contribution is -0.137. The van der Waals surface area contributed by atoms with Gasteiger partial charge in [0.15, 0.2) is 22.8 Å². The van der Waals surface area contributed by atoms with Gasteiger partial charge in [-0.1, -0.05) is 135 Å². The third kappa shape index (κ3) is 23.3. The number of unbranched alkanes of at least 4 members (excludes halogenated alkanes) is 16. The molecule has 24 nitrogen and oxygen atoms in total. The highest BCUT2D eigenvalue weighted by Gasteiger charge is 2.50. The molecule has 28 heteroatoms. The molecule has 7 atom stereocenters. The summed E-state index contributed by atoms with van der Waals surface area (Å²) in [5.41, 5.74) is 4.29. The third-order valence-corrected chi connectivity index (χ3v) is 15.3. The Morgan fingerprint density at radius 2 is 1.39 bits per heavy atom. The van der Waals surface area contributed by atoms with Crippen LogP contribution in [0.3, 0.4) is 0 Å². The van der Waals surface area contributed by atoms with Crippen LogP contribution in [0.15, 0.2) is 12.7 Å². The molecule has 69 heavy (non-hydrogen) atoms. The quantitative estimate of drug-likeness (QED) is 0.0289. The van der Waals surface area contributed by atoms with Gasteiger partial charge in [-0.3, -0.25) is 32.5 Å². The number of thioether (sulfide) groups is 1. The zero-order valence-corrected chi connectivity index (χ0v) is 43.3. The van der Waals surface area contributed by atoms with Gasteiger partial charge in [0, 0.05) is 37.1 Å². The number of hydrogen-bond donors (Lipinski definition) is 9. The number of aliphatic hydroxyl groups excluding tert-OH is 2. The lowest BCUT2D eigenvalue weighted by Gasteiger charge is -2.30. The molecule has 0 spiro atoms. The van der Waals surface area contributed by atoms with Crippen molar-refractivity contribution in [3.63, 3.8) is 0 Å². The molecule has 0 aliphatic carbocycles. The summed E-state index contributed by atoms with van der Waals surface area (Å²) in [7, 11) is -16.4. The predicted octanol–water partition coefficient (Wildman–Crippen LogP) is 5.71. The first kappa shape index (κ1) is 60.9. The smallest absolute Gasteiger partial charge is 0.386 e. The molecular weight excluding hydrogens is 987 g/mol. The number of nitrogens with one attached hydrogen (secondary N) is 2. The van der Waals surface area contributed by atoms with Crippen molar-refractivity contribution in [1.29, 1.82) is 0 Å². The van der Waals surface area contributed by atoms with Crippen molar-refractivity contribution in [2.45, 2.75) is 173 Å². The number of anilines is 1. The van der Waals surface area contributed by atoms with Crippen LogP contribution >= 0.6 is 35.2 Å². The van der Waals surface area contributed by atoms with E-state index in [2.05, 4.69) is 41.3 Å². The summed E-state index contributed by atoms with van der Waals surface area (Å²) in [4.78, 5) is 88.5. The van der Waals surface area contributed by atoms with Crippen molar-refractivity contribution in [3.05, 3.63) is 12.7 Å². The molecule has 7 unspecified atom stereocenters. The van der Waals surface area contributed by atoms with E-state index in [1.165, 1.54) is 104 Å². The van der Waals surface area contributed by atoms with Gasteiger partial charge < -0.3 is 50.9 Å². The van der Waals surface area contributed by atoms with Crippen molar-refractivity contribution in [2.24, 2.45) is 5.41 Å². The van der Waals surface area contributed by atoms with E-state index in [-0.39, 0.29) is 41.6 Å². The van der Waals surface area contributed by atoms with Gasteiger partial charge in [-0.15, -0.1) is 0 Å². The molecule has 0 saturated carbocycles. The molecule has 10 N–H and O–H groups in total. The molecular formula is C41H74N7O17P3S. The molecule has 2 aromatic rings. The van der Waals surface area contributed by atoms with Gasteiger partial charge >= 0.3 is 23.5 Å². The topological polar surface area (TPSA) is 364 Å². The molecule has 0 aromatic carbocycles. The average Bonchev–Trinajstić information content (AvgIpc) is 3.84. The number of hydrogen-bond acceptors (Lipinski definition) is 18. The summed E-state index contributed by atoms with van der Waals surface area (Å²) in [6, 6.07) is 0. The van der Waals surface area contributed by atoms with Gasteiger partial charge in [0.1, 0.15) is 36.3 Å². The van der Waals surface area contributed by atoms with E-state index >= 15 is 0 Å². The first-order valence-corrected chi connectivity index (χ1v) is 29.1. The van der Waals surface area contributed by atoms with Gasteiger partial charge in [0.05, 0.1) is 19.5 Å². The van der Waals surface area contributed by atoms with E-state index < -0.39 is 84.6 Å². The van der Waals surface area contributed by atoms with Crippen molar-refractivity contribution < 1.29 is 80.5 Å². The Bertz CT molecular complexity index is 2030. The number of phosphoric ester groups is 3. The van der Waals surface area contributed by atoms with Gasteiger partial charge in [0.25, 0.3) is 0 Å². The normalized spacial score (nSPS) is 19.8. The Morgan fingerprint density at radius 3 is 1.97 bits per heavy atom. The van der Waals surface area contributed by atoms with Crippen LogP contribution in [0.4, 0.5) is 5.82 Å². The Labute approximate surface area is 407 Å². The second kappa shape index (κ2) is 30.6. The van der Waals surface area contributed by atoms with E-state index in [4.69, 9.17) is 19.5 Å². The monoisotopic (exact) mass is 1060 g/mol. The highest BCUT2D eigenvalue weighted by molar-refractivity contribution is 8.13. The molecule has 3 heterocycles. The fraction of sp³-hybridized carbons (Fsp3) is 0.805. The van der Waals surface area contributed by atoms with Crippen LogP contribution < -0.4 is 16.4 Å². The molecule has 1 aliphatic heterocycles. The SMILES string of the molecule is CCCCCCCCCCCCCCCCCCCC(=O)SCCNC(=O)CCNC(=O)C(O)C(C)(C)COP(=O)(O)OP(=O)(O)OCC1OC(n2cnc3c(N)ncnc32)C(O)C1OP(=O)(O)O. The van der Waals surface area contributed by atoms with E-state index in [1.54, 1.807) is 0 Å². The maximum Gasteiger partial charge on any atom is 0.481 e. The number of rotatable bonds is 37. The molecule has 3 rings (SSSR count). The Morgan fingerprint density at radius 1 is 0.826 bits per heavy atom. The van der Waals surface area contributed by atoms with Crippen LogP contribution in [0.1, 0.15) is 149 Å².